The number of anilines is 1. The van der Waals surface area contributed by atoms with Crippen LogP contribution < -0.4 is 9.64 Å². The maximum atomic E-state index is 5.90. The number of benzene rings is 1. The van der Waals surface area contributed by atoms with Gasteiger partial charge in [0.05, 0.1) is 6.61 Å². The minimum atomic E-state index is 0.291. The molecule has 2 aromatic heterocycles. The topological polar surface area (TPSA) is 90.3 Å². The predicted molar refractivity (Wildman–Crippen MR) is 113 cm³/mol. The zero-order chi connectivity index (χ0) is 20.9. The van der Waals surface area contributed by atoms with Crippen molar-refractivity contribution in [2.45, 2.75) is 52.4 Å². The van der Waals surface area contributed by atoms with Crippen LogP contribution in [0.4, 0.5) is 6.01 Å². The van der Waals surface area contributed by atoms with Gasteiger partial charge < -0.3 is 18.7 Å². The van der Waals surface area contributed by atoms with Crippen LogP contribution >= 0.6 is 0 Å². The van der Waals surface area contributed by atoms with Gasteiger partial charge in [0.15, 0.2) is 5.82 Å². The molecule has 0 N–H and O–H groups in total. The standard InChI is InChI=1S/C22H29N5O3/c1-15(2)20-24-22(30-25-20)27-12-10-17(11-13-27)5-4-14-28-19-8-6-18(7-9-19)21-23-16(3)29-26-21/h6-9,15,17H,4-5,10-14H2,1-3H3. The van der Waals surface area contributed by atoms with Crippen LogP contribution in [0.5, 0.6) is 5.75 Å². The first kappa shape index (κ1) is 20.4. The number of nitrogens with zero attached hydrogens (tertiary/aromatic N) is 5. The van der Waals surface area contributed by atoms with Crippen molar-refractivity contribution in [1.82, 2.24) is 20.3 Å². The van der Waals surface area contributed by atoms with Gasteiger partial charge in [0.2, 0.25) is 11.7 Å². The molecule has 3 aromatic rings. The van der Waals surface area contributed by atoms with Crippen molar-refractivity contribution in [1.29, 1.82) is 0 Å². The maximum absolute atomic E-state index is 5.90. The average molecular weight is 412 g/mol. The Bertz CT molecular complexity index is 926. The van der Waals surface area contributed by atoms with Crippen LogP contribution in [0.3, 0.4) is 0 Å². The summed E-state index contributed by atoms with van der Waals surface area (Å²) in [6.07, 6.45) is 4.53. The van der Waals surface area contributed by atoms with Gasteiger partial charge in [-0.2, -0.15) is 9.97 Å². The molecule has 1 aliphatic heterocycles. The molecule has 8 heteroatoms. The molecule has 0 radical (unpaired) electrons. The molecule has 0 saturated carbocycles. The molecular weight excluding hydrogens is 382 g/mol. The molecule has 0 amide bonds. The van der Waals surface area contributed by atoms with E-state index in [-0.39, 0.29) is 0 Å². The van der Waals surface area contributed by atoms with Gasteiger partial charge in [0.1, 0.15) is 5.75 Å². The minimum Gasteiger partial charge on any atom is -0.494 e. The molecule has 1 fully saturated rings. The summed E-state index contributed by atoms with van der Waals surface area (Å²) in [5.41, 5.74) is 0.924. The molecule has 1 saturated heterocycles. The summed E-state index contributed by atoms with van der Waals surface area (Å²) in [4.78, 5) is 11.0. The Morgan fingerprint density at radius 3 is 2.47 bits per heavy atom. The lowest BCUT2D eigenvalue weighted by Gasteiger charge is -2.30. The highest BCUT2D eigenvalue weighted by Gasteiger charge is 2.23. The number of aromatic nitrogens is 4. The van der Waals surface area contributed by atoms with Gasteiger partial charge in [-0.25, -0.2) is 0 Å². The molecule has 0 spiro atoms. The van der Waals surface area contributed by atoms with E-state index in [0.29, 0.717) is 23.6 Å². The van der Waals surface area contributed by atoms with Gasteiger partial charge in [0.25, 0.3) is 0 Å². The SMILES string of the molecule is Cc1nc(-c2ccc(OCCCC3CCN(c4nc(C(C)C)no4)CC3)cc2)no1. The van der Waals surface area contributed by atoms with E-state index in [1.165, 1.54) is 6.42 Å². The van der Waals surface area contributed by atoms with E-state index >= 15 is 0 Å². The molecule has 0 aliphatic carbocycles. The van der Waals surface area contributed by atoms with E-state index in [2.05, 4.69) is 39.0 Å². The highest BCUT2D eigenvalue weighted by molar-refractivity contribution is 5.55. The summed E-state index contributed by atoms with van der Waals surface area (Å²) >= 11 is 0. The van der Waals surface area contributed by atoms with Crippen molar-refractivity contribution >= 4 is 6.01 Å². The molecule has 1 aliphatic rings. The average Bonchev–Trinajstić information content (AvgIpc) is 3.42. The lowest BCUT2D eigenvalue weighted by Crippen LogP contribution is -2.34. The summed E-state index contributed by atoms with van der Waals surface area (Å²) in [6, 6.07) is 8.49. The van der Waals surface area contributed by atoms with Crippen molar-refractivity contribution in [3.8, 4) is 17.1 Å². The Hall–Kier alpha value is -2.90. The monoisotopic (exact) mass is 411 g/mol. The van der Waals surface area contributed by atoms with Gasteiger partial charge in [-0.3, -0.25) is 0 Å². The minimum absolute atomic E-state index is 0.291. The third-order valence-electron chi connectivity index (χ3n) is 5.50. The van der Waals surface area contributed by atoms with Crippen LogP contribution in [0.2, 0.25) is 0 Å². The zero-order valence-electron chi connectivity index (χ0n) is 17.9. The Morgan fingerprint density at radius 2 is 1.83 bits per heavy atom. The van der Waals surface area contributed by atoms with Gasteiger partial charge >= 0.3 is 6.01 Å². The molecule has 0 unspecified atom stereocenters. The quantitative estimate of drug-likeness (QED) is 0.496. The Kier molecular flexibility index (Phi) is 6.30. The van der Waals surface area contributed by atoms with E-state index in [4.69, 9.17) is 13.8 Å². The fraction of sp³-hybridized carbons (Fsp3) is 0.545. The number of rotatable bonds is 8. The van der Waals surface area contributed by atoms with Crippen LogP contribution in [0, 0.1) is 12.8 Å². The smallest absolute Gasteiger partial charge is 0.324 e. The van der Waals surface area contributed by atoms with Crippen LogP contribution in [0.1, 0.15) is 57.2 Å². The molecular formula is C22H29N5O3. The van der Waals surface area contributed by atoms with Crippen molar-refractivity contribution in [3.05, 3.63) is 36.0 Å². The first-order valence-electron chi connectivity index (χ1n) is 10.7. The lowest BCUT2D eigenvalue weighted by atomic mass is 9.92. The summed E-state index contributed by atoms with van der Waals surface area (Å²) in [6.45, 7) is 8.61. The third-order valence-corrected chi connectivity index (χ3v) is 5.50. The second-order valence-corrected chi connectivity index (χ2v) is 8.17. The molecule has 0 bridgehead atoms. The Morgan fingerprint density at radius 1 is 1.07 bits per heavy atom. The molecule has 30 heavy (non-hydrogen) atoms. The van der Waals surface area contributed by atoms with Crippen molar-refractivity contribution in [2.75, 3.05) is 24.6 Å². The van der Waals surface area contributed by atoms with E-state index in [1.54, 1.807) is 6.92 Å². The first-order valence-corrected chi connectivity index (χ1v) is 10.7. The molecule has 3 heterocycles. The van der Waals surface area contributed by atoms with Crippen LogP contribution in [0.25, 0.3) is 11.4 Å². The van der Waals surface area contributed by atoms with Crippen LogP contribution in [0.15, 0.2) is 33.3 Å². The first-order chi connectivity index (χ1) is 14.6. The van der Waals surface area contributed by atoms with Gasteiger partial charge in [-0.1, -0.05) is 24.2 Å². The van der Waals surface area contributed by atoms with Gasteiger partial charge in [-0.05, 0) is 55.9 Å². The molecule has 4 rings (SSSR count). The number of piperidine rings is 1. The molecule has 8 nitrogen and oxygen atoms in total. The second kappa shape index (κ2) is 9.28. The fourth-order valence-corrected chi connectivity index (χ4v) is 3.68. The van der Waals surface area contributed by atoms with Crippen molar-refractivity contribution in [3.63, 3.8) is 0 Å². The zero-order valence-corrected chi connectivity index (χ0v) is 17.9. The third kappa shape index (κ3) is 4.98. The normalized spacial score (nSPS) is 15.1. The van der Waals surface area contributed by atoms with E-state index in [1.807, 2.05) is 24.3 Å². The van der Waals surface area contributed by atoms with Crippen molar-refractivity contribution in [2.24, 2.45) is 5.92 Å². The number of hydrogen-bond acceptors (Lipinski definition) is 8. The molecule has 1 aromatic carbocycles. The Balaban J connectivity index is 1.16. The fourth-order valence-electron chi connectivity index (χ4n) is 3.68. The van der Waals surface area contributed by atoms with Crippen LogP contribution in [-0.4, -0.2) is 40.0 Å². The predicted octanol–water partition coefficient (Wildman–Crippen LogP) is 4.63. The summed E-state index contributed by atoms with van der Waals surface area (Å²) in [5.74, 6) is 3.83. The van der Waals surface area contributed by atoms with Gasteiger partial charge in [0, 0.05) is 31.5 Å². The summed E-state index contributed by atoms with van der Waals surface area (Å²) in [7, 11) is 0. The Labute approximate surface area is 176 Å². The van der Waals surface area contributed by atoms with Gasteiger partial charge in [-0.15, -0.1) is 0 Å². The van der Waals surface area contributed by atoms with E-state index < -0.39 is 0 Å². The second-order valence-electron chi connectivity index (χ2n) is 8.17. The molecule has 0 atom stereocenters. The maximum Gasteiger partial charge on any atom is 0.324 e. The highest BCUT2D eigenvalue weighted by Crippen LogP contribution is 2.26. The number of ether oxygens (including phenoxy) is 1. The largest absolute Gasteiger partial charge is 0.494 e. The molecule has 160 valence electrons. The van der Waals surface area contributed by atoms with E-state index in [0.717, 1.165) is 62.0 Å². The van der Waals surface area contributed by atoms with E-state index in [9.17, 15) is 0 Å². The van der Waals surface area contributed by atoms with Crippen molar-refractivity contribution < 1.29 is 13.8 Å². The summed E-state index contributed by atoms with van der Waals surface area (Å²) in [5, 5.41) is 8.00. The number of aryl methyl sites for hydroxylation is 1. The van der Waals surface area contributed by atoms with Crippen LogP contribution in [-0.2, 0) is 0 Å². The number of hydrogen-bond donors (Lipinski definition) is 0. The summed E-state index contributed by atoms with van der Waals surface area (Å²) < 4.78 is 16.3. The highest BCUT2D eigenvalue weighted by atomic mass is 16.5. The lowest BCUT2D eigenvalue weighted by molar-refractivity contribution is 0.276.